The third-order valence-electron chi connectivity index (χ3n) is 2.77. The molecule has 1 N–H and O–H groups in total. The van der Waals surface area contributed by atoms with Gasteiger partial charge in [-0.25, -0.2) is 9.37 Å². The number of fused-ring (bicyclic) bond motifs is 1. The zero-order valence-corrected chi connectivity index (χ0v) is 7.96. The van der Waals surface area contributed by atoms with Crippen LogP contribution in [0.3, 0.4) is 0 Å². The molecule has 0 aliphatic heterocycles. The molecular weight excluding hydrogens is 195 g/mol. The fourth-order valence-electron chi connectivity index (χ4n) is 1.82. The van der Waals surface area contributed by atoms with E-state index in [2.05, 4.69) is 9.97 Å². The molecule has 0 radical (unpaired) electrons. The van der Waals surface area contributed by atoms with Crippen LogP contribution in [-0.2, 0) is 0 Å². The second-order valence-electron chi connectivity index (χ2n) is 3.90. The summed E-state index contributed by atoms with van der Waals surface area (Å²) in [6.07, 6.45) is 3.52. The maximum Gasteiger partial charge on any atom is 0.261 e. The normalized spacial score (nSPS) is 15.8. The van der Waals surface area contributed by atoms with E-state index in [1.54, 1.807) is 0 Å². The standard InChI is InChI=1S/C11H9FN2O/c12-8-3-7(6-1-2-6)4-9-10(8)11(15)14-5-13-9/h3-6H,1-2H2,(H,13,14,15). The number of rotatable bonds is 1. The molecule has 1 heterocycles. The van der Waals surface area contributed by atoms with Gasteiger partial charge >= 0.3 is 0 Å². The van der Waals surface area contributed by atoms with Crippen LogP contribution in [0.2, 0.25) is 0 Å². The van der Waals surface area contributed by atoms with Crippen molar-refractivity contribution in [2.24, 2.45) is 0 Å². The highest BCUT2D eigenvalue weighted by atomic mass is 19.1. The first-order chi connectivity index (χ1) is 7.25. The summed E-state index contributed by atoms with van der Waals surface area (Å²) >= 11 is 0. The molecule has 0 spiro atoms. The van der Waals surface area contributed by atoms with E-state index in [0.717, 1.165) is 18.4 Å². The molecule has 4 heteroatoms. The molecule has 2 aromatic rings. The highest BCUT2D eigenvalue weighted by Crippen LogP contribution is 2.40. The van der Waals surface area contributed by atoms with Crippen molar-refractivity contribution < 1.29 is 4.39 Å². The van der Waals surface area contributed by atoms with Crippen LogP contribution in [0, 0.1) is 5.82 Å². The molecule has 1 aliphatic rings. The van der Waals surface area contributed by atoms with Crippen molar-refractivity contribution in [1.29, 1.82) is 0 Å². The summed E-state index contributed by atoms with van der Waals surface area (Å²) in [6.45, 7) is 0. The Bertz CT molecular complexity index is 587. The smallest absolute Gasteiger partial charge is 0.261 e. The molecule has 1 fully saturated rings. The second kappa shape index (κ2) is 2.89. The number of H-pyrrole nitrogens is 1. The molecule has 0 saturated heterocycles. The second-order valence-corrected chi connectivity index (χ2v) is 3.90. The molecule has 1 saturated carbocycles. The number of hydrogen-bond donors (Lipinski definition) is 1. The number of nitrogens with one attached hydrogen (secondary N) is 1. The lowest BCUT2D eigenvalue weighted by Gasteiger charge is -2.01. The number of aromatic amines is 1. The van der Waals surface area contributed by atoms with Gasteiger partial charge in [-0.2, -0.15) is 0 Å². The van der Waals surface area contributed by atoms with E-state index < -0.39 is 11.4 Å². The number of aromatic nitrogens is 2. The molecule has 0 atom stereocenters. The van der Waals surface area contributed by atoms with Crippen molar-refractivity contribution in [3.63, 3.8) is 0 Å². The van der Waals surface area contributed by atoms with Crippen molar-refractivity contribution in [2.75, 3.05) is 0 Å². The third kappa shape index (κ3) is 1.33. The Morgan fingerprint density at radius 3 is 2.93 bits per heavy atom. The topological polar surface area (TPSA) is 45.8 Å². The zero-order chi connectivity index (χ0) is 10.4. The van der Waals surface area contributed by atoms with Gasteiger partial charge in [-0.3, -0.25) is 4.79 Å². The van der Waals surface area contributed by atoms with Crippen LogP contribution in [0.1, 0.15) is 24.3 Å². The Labute approximate surface area is 85.0 Å². The van der Waals surface area contributed by atoms with E-state index in [1.165, 1.54) is 12.4 Å². The fraction of sp³-hybridized carbons (Fsp3) is 0.273. The van der Waals surface area contributed by atoms with E-state index in [9.17, 15) is 9.18 Å². The van der Waals surface area contributed by atoms with Crippen LogP contribution in [0.15, 0.2) is 23.3 Å². The maximum atomic E-state index is 13.6. The summed E-state index contributed by atoms with van der Waals surface area (Å²) in [5, 5.41) is 0.0573. The Morgan fingerprint density at radius 2 is 2.20 bits per heavy atom. The van der Waals surface area contributed by atoms with Crippen molar-refractivity contribution in [3.8, 4) is 0 Å². The predicted octanol–water partition coefficient (Wildman–Crippen LogP) is 1.94. The SMILES string of the molecule is O=c1[nH]cnc2cc(C3CC3)cc(F)c12. The highest BCUT2D eigenvalue weighted by Gasteiger charge is 2.25. The van der Waals surface area contributed by atoms with E-state index in [1.807, 2.05) is 6.07 Å². The first-order valence-electron chi connectivity index (χ1n) is 4.92. The van der Waals surface area contributed by atoms with Gasteiger partial charge in [0.25, 0.3) is 5.56 Å². The predicted molar refractivity (Wildman–Crippen MR) is 54.3 cm³/mol. The lowest BCUT2D eigenvalue weighted by Crippen LogP contribution is -2.08. The molecule has 0 bridgehead atoms. The summed E-state index contributed by atoms with van der Waals surface area (Å²) in [4.78, 5) is 17.7. The van der Waals surface area contributed by atoms with Crippen molar-refractivity contribution in [1.82, 2.24) is 9.97 Å². The van der Waals surface area contributed by atoms with Crippen molar-refractivity contribution >= 4 is 10.9 Å². The lowest BCUT2D eigenvalue weighted by atomic mass is 10.1. The van der Waals surface area contributed by atoms with Crippen LogP contribution in [0.4, 0.5) is 4.39 Å². The van der Waals surface area contributed by atoms with Crippen LogP contribution >= 0.6 is 0 Å². The number of nitrogens with zero attached hydrogens (tertiary/aromatic N) is 1. The van der Waals surface area contributed by atoms with Crippen LogP contribution < -0.4 is 5.56 Å². The molecule has 1 aliphatic carbocycles. The van der Waals surface area contributed by atoms with Gasteiger partial charge in [0.15, 0.2) is 0 Å². The first-order valence-corrected chi connectivity index (χ1v) is 4.92. The summed E-state index contributed by atoms with van der Waals surface area (Å²) in [7, 11) is 0. The molecule has 3 nitrogen and oxygen atoms in total. The molecule has 0 amide bonds. The van der Waals surface area contributed by atoms with E-state index >= 15 is 0 Å². The van der Waals surface area contributed by atoms with Crippen molar-refractivity contribution in [3.05, 3.63) is 40.2 Å². The van der Waals surface area contributed by atoms with Gasteiger partial charge < -0.3 is 4.98 Å². The number of benzene rings is 1. The van der Waals surface area contributed by atoms with Gasteiger partial charge in [-0.15, -0.1) is 0 Å². The van der Waals surface area contributed by atoms with E-state index in [4.69, 9.17) is 0 Å². The molecule has 3 rings (SSSR count). The minimum Gasteiger partial charge on any atom is -0.313 e. The summed E-state index contributed by atoms with van der Waals surface area (Å²) in [5.74, 6) is -0.00580. The monoisotopic (exact) mass is 204 g/mol. The molecule has 0 unspecified atom stereocenters. The number of halogens is 1. The summed E-state index contributed by atoms with van der Waals surface area (Å²) < 4.78 is 13.6. The largest absolute Gasteiger partial charge is 0.313 e. The quantitative estimate of drug-likeness (QED) is 0.771. The Hall–Kier alpha value is -1.71. The lowest BCUT2D eigenvalue weighted by molar-refractivity contribution is 0.636. The fourth-order valence-corrected chi connectivity index (χ4v) is 1.82. The Balaban J connectivity index is 2.36. The van der Waals surface area contributed by atoms with Gasteiger partial charge in [0, 0.05) is 0 Å². The van der Waals surface area contributed by atoms with Crippen molar-refractivity contribution in [2.45, 2.75) is 18.8 Å². The average Bonchev–Trinajstić information content (AvgIpc) is 3.00. The van der Waals surface area contributed by atoms with E-state index in [0.29, 0.717) is 11.4 Å². The Kier molecular flexibility index (Phi) is 1.65. The average molecular weight is 204 g/mol. The number of hydrogen-bond acceptors (Lipinski definition) is 2. The van der Waals surface area contributed by atoms with Crippen LogP contribution in [-0.4, -0.2) is 9.97 Å². The first kappa shape index (κ1) is 8.59. The zero-order valence-electron chi connectivity index (χ0n) is 7.96. The molecule has 15 heavy (non-hydrogen) atoms. The van der Waals surface area contributed by atoms with Gasteiger partial charge in [0.2, 0.25) is 0 Å². The molecule has 1 aromatic carbocycles. The van der Waals surface area contributed by atoms with E-state index in [-0.39, 0.29) is 5.39 Å². The summed E-state index contributed by atoms with van der Waals surface area (Å²) in [6, 6.07) is 3.27. The molecular formula is C11H9FN2O. The highest BCUT2D eigenvalue weighted by molar-refractivity contribution is 5.78. The Morgan fingerprint density at radius 1 is 1.40 bits per heavy atom. The minimum absolute atomic E-state index is 0.0573. The van der Waals surface area contributed by atoms with Gasteiger partial charge in [-0.1, -0.05) is 0 Å². The van der Waals surface area contributed by atoms with Crippen LogP contribution in [0.5, 0.6) is 0 Å². The molecule has 1 aromatic heterocycles. The molecule has 76 valence electrons. The van der Waals surface area contributed by atoms with Gasteiger partial charge in [0.1, 0.15) is 11.2 Å². The third-order valence-corrected chi connectivity index (χ3v) is 2.77. The van der Waals surface area contributed by atoms with Crippen LogP contribution in [0.25, 0.3) is 10.9 Å². The van der Waals surface area contributed by atoms with Gasteiger partial charge in [0.05, 0.1) is 11.8 Å². The minimum atomic E-state index is -0.469. The summed E-state index contributed by atoms with van der Waals surface area (Å²) in [5.41, 5.74) is 0.985. The van der Waals surface area contributed by atoms with Gasteiger partial charge in [-0.05, 0) is 36.5 Å². The maximum absolute atomic E-state index is 13.6.